The molecule has 3 rings (SSSR count). The molecule has 0 radical (unpaired) electrons. The van der Waals surface area contributed by atoms with E-state index in [0.29, 0.717) is 22.0 Å². The summed E-state index contributed by atoms with van der Waals surface area (Å²) in [5, 5.41) is 6.15. The van der Waals surface area contributed by atoms with E-state index in [-0.39, 0.29) is 5.69 Å². The Bertz CT molecular complexity index is 956. The Labute approximate surface area is 158 Å². The molecular formula is C20H14ClF3N2O. The van der Waals surface area contributed by atoms with Crippen molar-refractivity contribution in [2.24, 2.45) is 0 Å². The molecule has 0 saturated heterocycles. The molecule has 0 aliphatic heterocycles. The molecule has 0 bridgehead atoms. The maximum atomic E-state index is 12.9. The lowest BCUT2D eigenvalue weighted by Crippen LogP contribution is -2.14. The fraction of sp³-hybridized carbons (Fsp3) is 0.0500. The van der Waals surface area contributed by atoms with Crippen LogP contribution in [0.4, 0.5) is 30.2 Å². The molecule has 27 heavy (non-hydrogen) atoms. The number of amides is 1. The van der Waals surface area contributed by atoms with E-state index in [2.05, 4.69) is 10.6 Å². The summed E-state index contributed by atoms with van der Waals surface area (Å²) in [5.74, 6) is -0.396. The van der Waals surface area contributed by atoms with Gasteiger partial charge in [0.2, 0.25) is 0 Å². The second-order valence-corrected chi connectivity index (χ2v) is 6.15. The number of hydrogen-bond donors (Lipinski definition) is 2. The molecule has 0 aliphatic rings. The van der Waals surface area contributed by atoms with Crippen molar-refractivity contribution < 1.29 is 18.0 Å². The van der Waals surface area contributed by atoms with Crippen LogP contribution < -0.4 is 10.6 Å². The van der Waals surface area contributed by atoms with Gasteiger partial charge >= 0.3 is 6.18 Å². The highest BCUT2D eigenvalue weighted by molar-refractivity contribution is 6.30. The number of carbonyl (C=O) groups is 1. The Hall–Kier alpha value is -2.99. The van der Waals surface area contributed by atoms with Gasteiger partial charge in [0.1, 0.15) is 0 Å². The van der Waals surface area contributed by atoms with Gasteiger partial charge in [-0.15, -0.1) is 0 Å². The standard InChI is InChI=1S/C20H14ClF3N2O/c21-14-8-10-15(11-9-14)26-19(27)17-6-1-2-7-18(17)25-16-5-3-4-13(12-16)20(22,23)24/h1-12,25H,(H,26,27). The lowest BCUT2D eigenvalue weighted by molar-refractivity contribution is -0.137. The first kappa shape index (κ1) is 18.8. The quantitative estimate of drug-likeness (QED) is 0.544. The highest BCUT2D eigenvalue weighted by Gasteiger charge is 2.30. The average Bonchev–Trinajstić information content (AvgIpc) is 2.63. The number of rotatable bonds is 4. The predicted octanol–water partition coefficient (Wildman–Crippen LogP) is 6.35. The molecule has 0 unspecified atom stereocenters. The van der Waals surface area contributed by atoms with Gasteiger partial charge in [0.25, 0.3) is 5.91 Å². The Balaban J connectivity index is 1.84. The van der Waals surface area contributed by atoms with Crippen LogP contribution in [0.25, 0.3) is 0 Å². The largest absolute Gasteiger partial charge is 0.416 e. The summed E-state index contributed by atoms with van der Waals surface area (Å²) in [6.07, 6.45) is -4.44. The van der Waals surface area contributed by atoms with Gasteiger partial charge in [0, 0.05) is 16.4 Å². The lowest BCUT2D eigenvalue weighted by atomic mass is 10.1. The predicted molar refractivity (Wildman–Crippen MR) is 101 cm³/mol. The number of benzene rings is 3. The van der Waals surface area contributed by atoms with E-state index in [0.717, 1.165) is 12.1 Å². The zero-order valence-corrected chi connectivity index (χ0v) is 14.6. The van der Waals surface area contributed by atoms with E-state index >= 15 is 0 Å². The summed E-state index contributed by atoms with van der Waals surface area (Å²) >= 11 is 5.82. The Morgan fingerprint density at radius 1 is 0.852 bits per heavy atom. The first-order valence-corrected chi connectivity index (χ1v) is 8.31. The van der Waals surface area contributed by atoms with E-state index < -0.39 is 17.6 Å². The van der Waals surface area contributed by atoms with Crippen LogP contribution in [0.5, 0.6) is 0 Å². The molecule has 2 N–H and O–H groups in total. The number of carbonyl (C=O) groups excluding carboxylic acids is 1. The highest BCUT2D eigenvalue weighted by Crippen LogP contribution is 2.32. The number of hydrogen-bond acceptors (Lipinski definition) is 2. The molecule has 7 heteroatoms. The van der Waals surface area contributed by atoms with Crippen LogP contribution in [0.1, 0.15) is 15.9 Å². The molecule has 0 heterocycles. The Morgan fingerprint density at radius 3 is 2.26 bits per heavy atom. The molecule has 0 fully saturated rings. The fourth-order valence-electron chi connectivity index (χ4n) is 2.45. The van der Waals surface area contributed by atoms with E-state index in [1.54, 1.807) is 48.5 Å². The number of nitrogens with one attached hydrogen (secondary N) is 2. The summed E-state index contributed by atoms with van der Waals surface area (Å²) in [6.45, 7) is 0. The molecule has 3 aromatic carbocycles. The van der Waals surface area contributed by atoms with Crippen molar-refractivity contribution in [3.8, 4) is 0 Å². The first-order valence-electron chi connectivity index (χ1n) is 7.93. The fourth-order valence-corrected chi connectivity index (χ4v) is 2.58. The summed E-state index contributed by atoms with van der Waals surface area (Å²) in [5.41, 5.74) is 0.707. The number of anilines is 3. The van der Waals surface area contributed by atoms with E-state index in [1.165, 1.54) is 12.1 Å². The maximum Gasteiger partial charge on any atom is 0.416 e. The van der Waals surface area contributed by atoms with Gasteiger partial charge < -0.3 is 10.6 Å². The van der Waals surface area contributed by atoms with Gasteiger partial charge in [0.05, 0.1) is 16.8 Å². The van der Waals surface area contributed by atoms with Crippen LogP contribution in [-0.2, 0) is 6.18 Å². The second-order valence-electron chi connectivity index (χ2n) is 5.71. The molecule has 0 aromatic heterocycles. The van der Waals surface area contributed by atoms with Crippen molar-refractivity contribution in [3.63, 3.8) is 0 Å². The molecule has 138 valence electrons. The van der Waals surface area contributed by atoms with Crippen molar-refractivity contribution in [2.75, 3.05) is 10.6 Å². The maximum absolute atomic E-state index is 12.9. The van der Waals surface area contributed by atoms with Crippen molar-refractivity contribution in [1.82, 2.24) is 0 Å². The minimum atomic E-state index is -4.44. The van der Waals surface area contributed by atoms with Crippen molar-refractivity contribution >= 4 is 34.6 Å². The Morgan fingerprint density at radius 2 is 1.56 bits per heavy atom. The third kappa shape index (κ3) is 4.80. The van der Waals surface area contributed by atoms with Gasteiger partial charge in [-0.3, -0.25) is 4.79 Å². The van der Waals surface area contributed by atoms with Crippen LogP contribution >= 0.6 is 11.6 Å². The molecule has 0 aliphatic carbocycles. The summed E-state index contributed by atoms with van der Waals surface area (Å²) in [4.78, 5) is 12.6. The van der Waals surface area contributed by atoms with Crippen molar-refractivity contribution in [3.05, 3.63) is 88.9 Å². The molecule has 0 atom stereocenters. The zero-order chi connectivity index (χ0) is 19.4. The van der Waals surface area contributed by atoms with E-state index in [4.69, 9.17) is 11.6 Å². The van der Waals surface area contributed by atoms with Crippen molar-refractivity contribution in [1.29, 1.82) is 0 Å². The van der Waals surface area contributed by atoms with Gasteiger partial charge in [-0.1, -0.05) is 29.8 Å². The van der Waals surface area contributed by atoms with Crippen LogP contribution in [0.3, 0.4) is 0 Å². The summed E-state index contributed by atoms with van der Waals surface area (Å²) in [7, 11) is 0. The van der Waals surface area contributed by atoms with Crippen LogP contribution in [0.15, 0.2) is 72.8 Å². The molecule has 0 saturated carbocycles. The monoisotopic (exact) mass is 390 g/mol. The van der Waals surface area contributed by atoms with Crippen LogP contribution in [0, 0.1) is 0 Å². The molecular weight excluding hydrogens is 377 g/mol. The Kier molecular flexibility index (Phi) is 5.37. The normalized spacial score (nSPS) is 11.1. The number of halogens is 4. The van der Waals surface area contributed by atoms with Gasteiger partial charge in [0.15, 0.2) is 0 Å². The average molecular weight is 391 g/mol. The molecule has 1 amide bonds. The first-order chi connectivity index (χ1) is 12.8. The molecule has 3 nitrogen and oxygen atoms in total. The summed E-state index contributed by atoms with van der Waals surface area (Å²) in [6, 6.07) is 18.0. The van der Waals surface area contributed by atoms with Gasteiger partial charge in [-0.2, -0.15) is 13.2 Å². The van der Waals surface area contributed by atoms with E-state index in [1.807, 2.05) is 0 Å². The zero-order valence-electron chi connectivity index (χ0n) is 13.8. The number of alkyl halides is 3. The SMILES string of the molecule is O=C(Nc1ccc(Cl)cc1)c1ccccc1Nc1cccc(C(F)(F)F)c1. The minimum Gasteiger partial charge on any atom is -0.355 e. The minimum absolute atomic E-state index is 0.233. The summed E-state index contributed by atoms with van der Waals surface area (Å²) < 4.78 is 38.7. The number of para-hydroxylation sites is 1. The van der Waals surface area contributed by atoms with Gasteiger partial charge in [-0.25, -0.2) is 0 Å². The van der Waals surface area contributed by atoms with Crippen LogP contribution in [-0.4, -0.2) is 5.91 Å². The van der Waals surface area contributed by atoms with E-state index in [9.17, 15) is 18.0 Å². The lowest BCUT2D eigenvalue weighted by Gasteiger charge is -2.14. The van der Waals surface area contributed by atoms with Gasteiger partial charge in [-0.05, 0) is 54.6 Å². The van der Waals surface area contributed by atoms with Crippen LogP contribution in [0.2, 0.25) is 5.02 Å². The molecule has 0 spiro atoms. The third-order valence-electron chi connectivity index (χ3n) is 3.74. The van der Waals surface area contributed by atoms with Crippen molar-refractivity contribution in [2.45, 2.75) is 6.18 Å². The topological polar surface area (TPSA) is 41.1 Å². The molecule has 3 aromatic rings. The smallest absolute Gasteiger partial charge is 0.355 e. The highest BCUT2D eigenvalue weighted by atomic mass is 35.5. The third-order valence-corrected chi connectivity index (χ3v) is 3.99. The second kappa shape index (κ2) is 7.72.